The number of rotatable bonds is 1. The molecule has 3 nitrogen and oxygen atoms in total. The average Bonchev–Trinajstić information content (AvgIpc) is 2.20. The third-order valence-corrected chi connectivity index (χ3v) is 2.89. The first kappa shape index (κ1) is 9.46. The van der Waals surface area contributed by atoms with Crippen LogP contribution < -0.4 is 10.6 Å². The molecule has 1 aliphatic heterocycles. The van der Waals surface area contributed by atoms with Gasteiger partial charge >= 0.3 is 0 Å². The van der Waals surface area contributed by atoms with Gasteiger partial charge in [-0.3, -0.25) is 4.98 Å². The Morgan fingerprint density at radius 2 is 2.14 bits per heavy atom. The molecule has 0 unspecified atom stereocenters. The third-order valence-electron chi connectivity index (χ3n) is 2.89. The van der Waals surface area contributed by atoms with E-state index in [1.54, 1.807) is 0 Å². The van der Waals surface area contributed by atoms with Crippen LogP contribution in [0.4, 0.5) is 5.69 Å². The summed E-state index contributed by atoms with van der Waals surface area (Å²) >= 11 is 0. The maximum absolute atomic E-state index is 5.87. The second kappa shape index (κ2) is 3.96. The van der Waals surface area contributed by atoms with Gasteiger partial charge in [-0.15, -0.1) is 0 Å². The van der Waals surface area contributed by atoms with Crippen LogP contribution in [0, 0.1) is 6.92 Å². The van der Waals surface area contributed by atoms with Crippen molar-refractivity contribution in [2.75, 3.05) is 18.0 Å². The summed E-state index contributed by atoms with van der Waals surface area (Å²) in [5.74, 6) is 0. The highest BCUT2D eigenvalue weighted by atomic mass is 15.1. The van der Waals surface area contributed by atoms with Crippen molar-refractivity contribution in [2.24, 2.45) is 5.73 Å². The number of aromatic nitrogens is 1. The van der Waals surface area contributed by atoms with Gasteiger partial charge < -0.3 is 10.6 Å². The molecule has 2 N–H and O–H groups in total. The Morgan fingerprint density at radius 1 is 1.43 bits per heavy atom. The average molecular weight is 191 g/mol. The van der Waals surface area contributed by atoms with Gasteiger partial charge in [0.05, 0.1) is 11.9 Å². The highest BCUT2D eigenvalue weighted by Crippen LogP contribution is 2.21. The van der Waals surface area contributed by atoms with Crippen molar-refractivity contribution < 1.29 is 0 Å². The lowest BCUT2D eigenvalue weighted by atomic mass is 10.1. The van der Waals surface area contributed by atoms with Crippen molar-refractivity contribution in [3.63, 3.8) is 0 Å². The highest BCUT2D eigenvalue weighted by Gasteiger charge is 2.17. The zero-order valence-corrected chi connectivity index (χ0v) is 8.61. The molecule has 0 saturated carbocycles. The zero-order chi connectivity index (χ0) is 9.97. The fourth-order valence-electron chi connectivity index (χ4n) is 1.93. The SMILES string of the molecule is Cc1ccncc1N1CCC(N)CC1. The Kier molecular flexibility index (Phi) is 2.68. The van der Waals surface area contributed by atoms with Crippen LogP contribution in [0.25, 0.3) is 0 Å². The lowest BCUT2D eigenvalue weighted by Crippen LogP contribution is -2.40. The zero-order valence-electron chi connectivity index (χ0n) is 8.61. The largest absolute Gasteiger partial charge is 0.370 e. The summed E-state index contributed by atoms with van der Waals surface area (Å²) in [6.45, 7) is 4.26. The molecule has 0 radical (unpaired) electrons. The fourth-order valence-corrected chi connectivity index (χ4v) is 1.93. The Balaban J connectivity index is 2.12. The minimum atomic E-state index is 0.392. The molecule has 3 heteroatoms. The van der Waals surface area contributed by atoms with Crippen LogP contribution in [0.3, 0.4) is 0 Å². The van der Waals surface area contributed by atoms with Gasteiger partial charge in [0, 0.05) is 25.3 Å². The predicted molar refractivity (Wildman–Crippen MR) is 58.4 cm³/mol. The molecular formula is C11H17N3. The molecule has 0 atom stereocenters. The lowest BCUT2D eigenvalue weighted by molar-refractivity contribution is 0.500. The molecule has 2 rings (SSSR count). The van der Waals surface area contributed by atoms with Gasteiger partial charge in [-0.2, -0.15) is 0 Å². The summed E-state index contributed by atoms with van der Waals surface area (Å²) in [5.41, 5.74) is 8.44. The molecule has 0 aromatic carbocycles. The standard InChI is InChI=1S/C11H17N3/c1-9-2-5-13-8-11(9)14-6-3-10(12)4-7-14/h2,5,8,10H,3-4,6-7,12H2,1H3. The molecule has 1 aromatic rings. The molecule has 0 bridgehead atoms. The second-order valence-corrected chi connectivity index (χ2v) is 3.99. The first-order chi connectivity index (χ1) is 6.77. The molecule has 76 valence electrons. The molecule has 0 aliphatic carbocycles. The van der Waals surface area contributed by atoms with Gasteiger partial charge in [-0.1, -0.05) is 0 Å². The van der Waals surface area contributed by atoms with Gasteiger partial charge in [0.1, 0.15) is 0 Å². The van der Waals surface area contributed by atoms with Crippen LogP contribution in [0.1, 0.15) is 18.4 Å². The van der Waals surface area contributed by atoms with E-state index in [1.807, 2.05) is 12.4 Å². The topological polar surface area (TPSA) is 42.2 Å². The van der Waals surface area contributed by atoms with Crippen molar-refractivity contribution in [3.05, 3.63) is 24.0 Å². The Bertz CT molecular complexity index is 303. The van der Waals surface area contributed by atoms with Crippen molar-refractivity contribution in [1.29, 1.82) is 0 Å². The maximum Gasteiger partial charge on any atom is 0.0582 e. The summed E-state index contributed by atoms with van der Waals surface area (Å²) in [6.07, 6.45) is 5.98. The number of pyridine rings is 1. The number of nitrogens with zero attached hydrogens (tertiary/aromatic N) is 2. The number of piperidine rings is 1. The Hall–Kier alpha value is -1.09. The summed E-state index contributed by atoms with van der Waals surface area (Å²) in [4.78, 5) is 6.55. The van der Waals surface area contributed by atoms with Gasteiger partial charge in [-0.05, 0) is 31.4 Å². The van der Waals surface area contributed by atoms with Crippen LogP contribution >= 0.6 is 0 Å². The lowest BCUT2D eigenvalue weighted by Gasteiger charge is -2.32. The summed E-state index contributed by atoms with van der Waals surface area (Å²) in [6, 6.07) is 2.45. The molecule has 1 saturated heterocycles. The van der Waals surface area contributed by atoms with E-state index < -0.39 is 0 Å². The van der Waals surface area contributed by atoms with E-state index in [1.165, 1.54) is 11.3 Å². The number of hydrogen-bond donors (Lipinski definition) is 1. The number of nitrogens with two attached hydrogens (primary N) is 1. The first-order valence-electron chi connectivity index (χ1n) is 5.18. The van der Waals surface area contributed by atoms with Crippen molar-refractivity contribution in [1.82, 2.24) is 4.98 Å². The molecule has 14 heavy (non-hydrogen) atoms. The number of hydrogen-bond acceptors (Lipinski definition) is 3. The van der Waals surface area contributed by atoms with E-state index in [0.29, 0.717) is 6.04 Å². The summed E-state index contributed by atoms with van der Waals surface area (Å²) < 4.78 is 0. The Labute approximate surface area is 84.9 Å². The van der Waals surface area contributed by atoms with E-state index in [2.05, 4.69) is 22.9 Å². The van der Waals surface area contributed by atoms with Crippen molar-refractivity contribution >= 4 is 5.69 Å². The minimum absolute atomic E-state index is 0.392. The van der Waals surface area contributed by atoms with Crippen molar-refractivity contribution in [3.8, 4) is 0 Å². The molecular weight excluding hydrogens is 174 g/mol. The number of anilines is 1. The second-order valence-electron chi connectivity index (χ2n) is 3.99. The maximum atomic E-state index is 5.87. The first-order valence-corrected chi connectivity index (χ1v) is 5.18. The van der Waals surface area contributed by atoms with Gasteiger partial charge in [-0.25, -0.2) is 0 Å². The van der Waals surface area contributed by atoms with E-state index in [-0.39, 0.29) is 0 Å². The van der Waals surface area contributed by atoms with E-state index in [4.69, 9.17) is 5.73 Å². The normalized spacial score (nSPS) is 18.6. The quantitative estimate of drug-likeness (QED) is 0.728. The van der Waals surface area contributed by atoms with Gasteiger partial charge in [0.15, 0.2) is 0 Å². The van der Waals surface area contributed by atoms with Crippen LogP contribution in [0.5, 0.6) is 0 Å². The molecule has 0 amide bonds. The van der Waals surface area contributed by atoms with Gasteiger partial charge in [0.2, 0.25) is 0 Å². The van der Waals surface area contributed by atoms with E-state index in [0.717, 1.165) is 25.9 Å². The fraction of sp³-hybridized carbons (Fsp3) is 0.545. The van der Waals surface area contributed by atoms with Crippen molar-refractivity contribution in [2.45, 2.75) is 25.8 Å². The predicted octanol–water partition coefficient (Wildman–Crippen LogP) is 1.32. The van der Waals surface area contributed by atoms with E-state index in [9.17, 15) is 0 Å². The van der Waals surface area contributed by atoms with Crippen LogP contribution in [-0.4, -0.2) is 24.1 Å². The van der Waals surface area contributed by atoms with Gasteiger partial charge in [0.25, 0.3) is 0 Å². The molecule has 1 fully saturated rings. The molecule has 0 spiro atoms. The molecule has 2 heterocycles. The number of aryl methyl sites for hydroxylation is 1. The summed E-state index contributed by atoms with van der Waals surface area (Å²) in [5, 5.41) is 0. The van der Waals surface area contributed by atoms with Crippen LogP contribution in [0.15, 0.2) is 18.5 Å². The highest BCUT2D eigenvalue weighted by molar-refractivity contribution is 5.51. The Morgan fingerprint density at radius 3 is 2.79 bits per heavy atom. The smallest absolute Gasteiger partial charge is 0.0582 e. The van der Waals surface area contributed by atoms with Crippen LogP contribution in [0.2, 0.25) is 0 Å². The molecule has 1 aliphatic rings. The minimum Gasteiger partial charge on any atom is -0.370 e. The van der Waals surface area contributed by atoms with E-state index >= 15 is 0 Å². The monoisotopic (exact) mass is 191 g/mol. The third kappa shape index (κ3) is 1.87. The summed E-state index contributed by atoms with van der Waals surface area (Å²) in [7, 11) is 0. The van der Waals surface area contributed by atoms with Crippen LogP contribution in [-0.2, 0) is 0 Å². The molecule has 1 aromatic heterocycles.